The molecule has 0 bridgehead atoms. The smallest absolute Gasteiger partial charge is 0.243 e. The Hall–Kier alpha value is -1.64. The van der Waals surface area contributed by atoms with Crippen LogP contribution in [0, 0.1) is 5.92 Å². The highest BCUT2D eigenvalue weighted by atomic mass is 32.2. The summed E-state index contributed by atoms with van der Waals surface area (Å²) in [5, 5.41) is 9.24. The maximum absolute atomic E-state index is 12.7. The minimum Gasteiger partial charge on any atom is -0.384 e. The molecule has 25 heavy (non-hydrogen) atoms. The predicted molar refractivity (Wildman–Crippen MR) is 100 cm³/mol. The van der Waals surface area contributed by atoms with Crippen LogP contribution in [0.3, 0.4) is 0 Å². The van der Waals surface area contributed by atoms with E-state index in [4.69, 9.17) is 0 Å². The number of sulfonamides is 1. The number of carbonyl (C=O) groups excluding carboxylic acids is 1. The molecule has 8 heteroatoms. The molecule has 3 N–H and O–H groups in total. The lowest BCUT2D eigenvalue weighted by molar-refractivity contribution is -0.119. The maximum atomic E-state index is 12.7. The van der Waals surface area contributed by atoms with Crippen LogP contribution < -0.4 is 16.0 Å². The van der Waals surface area contributed by atoms with E-state index in [1.165, 1.54) is 4.31 Å². The van der Waals surface area contributed by atoms with Crippen molar-refractivity contribution >= 4 is 27.3 Å². The van der Waals surface area contributed by atoms with Crippen molar-refractivity contribution in [1.29, 1.82) is 0 Å². The van der Waals surface area contributed by atoms with Crippen LogP contribution in [0.15, 0.2) is 23.1 Å². The van der Waals surface area contributed by atoms with Gasteiger partial charge in [0.15, 0.2) is 0 Å². The molecule has 0 aliphatic carbocycles. The summed E-state index contributed by atoms with van der Waals surface area (Å²) in [6.07, 6.45) is 0.791. The second kappa shape index (κ2) is 8.64. The molecule has 1 aliphatic rings. The molecule has 1 heterocycles. The second-order valence-corrected chi connectivity index (χ2v) is 7.94. The van der Waals surface area contributed by atoms with Crippen molar-refractivity contribution in [1.82, 2.24) is 9.62 Å². The van der Waals surface area contributed by atoms with Gasteiger partial charge in [0, 0.05) is 26.2 Å². The van der Waals surface area contributed by atoms with Gasteiger partial charge in [-0.2, -0.15) is 4.31 Å². The third kappa shape index (κ3) is 4.50. The van der Waals surface area contributed by atoms with Gasteiger partial charge in [0.1, 0.15) is 0 Å². The molecule has 7 nitrogen and oxygen atoms in total. The third-order valence-corrected chi connectivity index (χ3v) is 6.44. The Labute approximate surface area is 150 Å². The van der Waals surface area contributed by atoms with Gasteiger partial charge in [-0.15, -0.1) is 0 Å². The number of nitrogens with one attached hydrogen (secondary N) is 3. The number of nitrogens with zero attached hydrogens (tertiary/aromatic N) is 1. The Balaban J connectivity index is 2.33. The van der Waals surface area contributed by atoms with E-state index in [1.807, 2.05) is 20.8 Å². The lowest BCUT2D eigenvalue weighted by atomic mass is 10.1. The summed E-state index contributed by atoms with van der Waals surface area (Å²) in [6.45, 7) is 8.54. The molecular formula is C17H28N4O3S. The van der Waals surface area contributed by atoms with E-state index < -0.39 is 10.0 Å². The fraction of sp³-hybridized carbons (Fsp3) is 0.588. The summed E-state index contributed by atoms with van der Waals surface area (Å²) >= 11 is 0. The molecule has 0 saturated carbocycles. The minimum atomic E-state index is -3.57. The first kappa shape index (κ1) is 19.7. The average Bonchev–Trinajstić information content (AvgIpc) is 3.12. The number of rotatable bonds is 8. The Morgan fingerprint density at radius 2 is 1.96 bits per heavy atom. The quantitative estimate of drug-likeness (QED) is 0.650. The number of anilines is 2. The second-order valence-electron chi connectivity index (χ2n) is 6.01. The van der Waals surface area contributed by atoms with Crippen LogP contribution in [-0.2, 0) is 14.8 Å². The highest BCUT2D eigenvalue weighted by Crippen LogP contribution is 2.28. The summed E-state index contributed by atoms with van der Waals surface area (Å²) in [5.41, 5.74) is 1.23. The van der Waals surface area contributed by atoms with Gasteiger partial charge in [-0.1, -0.05) is 13.8 Å². The molecule has 1 amide bonds. The molecule has 1 unspecified atom stereocenters. The normalized spacial score (nSPS) is 17.7. The van der Waals surface area contributed by atoms with Crippen LogP contribution in [0.25, 0.3) is 0 Å². The van der Waals surface area contributed by atoms with E-state index in [-0.39, 0.29) is 16.7 Å². The fourth-order valence-electron chi connectivity index (χ4n) is 2.96. The van der Waals surface area contributed by atoms with E-state index in [0.717, 1.165) is 18.7 Å². The molecule has 1 fully saturated rings. The number of amides is 1. The van der Waals surface area contributed by atoms with E-state index in [2.05, 4.69) is 16.0 Å². The molecule has 140 valence electrons. The Morgan fingerprint density at radius 1 is 1.24 bits per heavy atom. The van der Waals surface area contributed by atoms with Gasteiger partial charge in [0.25, 0.3) is 0 Å². The molecule has 1 aromatic rings. The summed E-state index contributed by atoms with van der Waals surface area (Å²) in [4.78, 5) is 12.6. The predicted octanol–water partition coefficient (Wildman–Crippen LogP) is 1.70. The highest BCUT2D eigenvalue weighted by molar-refractivity contribution is 7.89. The Bertz CT molecular complexity index is 696. The molecule has 1 saturated heterocycles. The number of hydrogen-bond acceptors (Lipinski definition) is 5. The van der Waals surface area contributed by atoms with Crippen LogP contribution in [0.4, 0.5) is 11.4 Å². The number of benzene rings is 1. The van der Waals surface area contributed by atoms with Gasteiger partial charge < -0.3 is 16.0 Å². The number of hydrogen-bond donors (Lipinski definition) is 3. The van der Waals surface area contributed by atoms with Crippen LogP contribution in [-0.4, -0.2) is 51.4 Å². The minimum absolute atomic E-state index is 0.0819. The van der Waals surface area contributed by atoms with Gasteiger partial charge in [0.05, 0.1) is 22.2 Å². The maximum Gasteiger partial charge on any atom is 0.243 e. The molecule has 2 rings (SSSR count). The van der Waals surface area contributed by atoms with Crippen LogP contribution >= 0.6 is 0 Å². The van der Waals surface area contributed by atoms with Crippen LogP contribution in [0.2, 0.25) is 0 Å². The first-order valence-electron chi connectivity index (χ1n) is 8.83. The van der Waals surface area contributed by atoms with Gasteiger partial charge in [-0.3, -0.25) is 4.79 Å². The van der Waals surface area contributed by atoms with E-state index in [1.54, 1.807) is 18.2 Å². The fourth-order valence-corrected chi connectivity index (χ4v) is 4.44. The van der Waals surface area contributed by atoms with Crippen molar-refractivity contribution in [2.45, 2.75) is 32.1 Å². The van der Waals surface area contributed by atoms with Crippen molar-refractivity contribution in [2.24, 2.45) is 5.92 Å². The number of carbonyl (C=O) groups is 1. The zero-order chi connectivity index (χ0) is 18.4. The largest absolute Gasteiger partial charge is 0.384 e. The standard InChI is InChI=1S/C17H28N4O3S/c1-4-19-15-8-7-14(25(23,24)21(5-2)6-3)11-16(15)20-17(22)13-9-10-18-12-13/h7-8,11,13,18-19H,4-6,9-10,12H2,1-3H3,(H,20,22). The molecule has 0 radical (unpaired) electrons. The Morgan fingerprint density at radius 3 is 2.52 bits per heavy atom. The van der Waals surface area contributed by atoms with Crippen molar-refractivity contribution in [2.75, 3.05) is 43.4 Å². The van der Waals surface area contributed by atoms with E-state index in [0.29, 0.717) is 31.9 Å². The first-order chi connectivity index (χ1) is 11.9. The van der Waals surface area contributed by atoms with Crippen LogP contribution in [0.1, 0.15) is 27.2 Å². The molecule has 1 atom stereocenters. The van der Waals surface area contributed by atoms with Crippen LogP contribution in [0.5, 0.6) is 0 Å². The topological polar surface area (TPSA) is 90.5 Å². The lowest BCUT2D eigenvalue weighted by Gasteiger charge is -2.20. The molecule has 1 aliphatic heterocycles. The SMILES string of the molecule is CCNc1ccc(S(=O)(=O)N(CC)CC)cc1NC(=O)C1CCNC1. The van der Waals surface area contributed by atoms with Gasteiger partial charge in [-0.05, 0) is 38.1 Å². The van der Waals surface area contributed by atoms with E-state index in [9.17, 15) is 13.2 Å². The van der Waals surface area contributed by atoms with Gasteiger partial charge in [0.2, 0.25) is 15.9 Å². The molecule has 0 aromatic heterocycles. The molecule has 0 spiro atoms. The summed E-state index contributed by atoms with van der Waals surface area (Å²) in [5.74, 6) is -0.168. The zero-order valence-electron chi connectivity index (χ0n) is 15.1. The Kier molecular flexibility index (Phi) is 6.80. The van der Waals surface area contributed by atoms with Gasteiger partial charge >= 0.3 is 0 Å². The zero-order valence-corrected chi connectivity index (χ0v) is 15.9. The molecule has 1 aromatic carbocycles. The third-order valence-electron chi connectivity index (χ3n) is 4.39. The summed E-state index contributed by atoms with van der Waals surface area (Å²) in [7, 11) is -3.57. The summed E-state index contributed by atoms with van der Waals surface area (Å²) in [6, 6.07) is 4.84. The average molecular weight is 369 g/mol. The van der Waals surface area contributed by atoms with Crippen molar-refractivity contribution < 1.29 is 13.2 Å². The summed E-state index contributed by atoms with van der Waals surface area (Å²) < 4.78 is 26.9. The van der Waals surface area contributed by atoms with Crippen molar-refractivity contribution in [3.8, 4) is 0 Å². The van der Waals surface area contributed by atoms with Crippen molar-refractivity contribution in [3.63, 3.8) is 0 Å². The monoisotopic (exact) mass is 368 g/mol. The lowest BCUT2D eigenvalue weighted by Crippen LogP contribution is -2.31. The van der Waals surface area contributed by atoms with Crippen molar-refractivity contribution in [3.05, 3.63) is 18.2 Å². The van der Waals surface area contributed by atoms with Gasteiger partial charge in [-0.25, -0.2) is 8.42 Å². The highest BCUT2D eigenvalue weighted by Gasteiger charge is 2.25. The molecular weight excluding hydrogens is 340 g/mol. The first-order valence-corrected chi connectivity index (χ1v) is 10.3. The van der Waals surface area contributed by atoms with E-state index >= 15 is 0 Å².